The highest BCUT2D eigenvalue weighted by molar-refractivity contribution is 9.10. The largest absolute Gasteiger partial charge is 0.355 e. The van der Waals surface area contributed by atoms with Crippen LogP contribution in [0.15, 0.2) is 0 Å². The highest BCUT2D eigenvalue weighted by Gasteiger charge is 2.59. The molecule has 0 aromatic carbocycles. The van der Waals surface area contributed by atoms with E-state index >= 15 is 0 Å². The highest BCUT2D eigenvalue weighted by Crippen LogP contribution is 2.64. The number of carbonyl (C=O) groups excluding carboxylic acids is 1. The van der Waals surface area contributed by atoms with Crippen molar-refractivity contribution in [1.29, 1.82) is 0 Å². The van der Waals surface area contributed by atoms with Crippen LogP contribution in [0.3, 0.4) is 0 Å². The van der Waals surface area contributed by atoms with Gasteiger partial charge in [-0.1, -0.05) is 15.9 Å². The number of aryl methyl sites for hydroxylation is 2. The molecule has 1 aromatic heterocycles. The monoisotopic (exact) mass is 422 g/mol. The number of rotatable bonds is 4. The SMILES string of the molecule is O=C(NCCc1nc2c(s1)CCCC2)C12CC3CC(CC(Br)(C3)C1)C2. The van der Waals surface area contributed by atoms with Crippen LogP contribution in [-0.2, 0) is 24.1 Å². The Morgan fingerprint density at radius 1 is 1.20 bits per heavy atom. The van der Waals surface area contributed by atoms with Crippen LogP contribution < -0.4 is 5.32 Å². The van der Waals surface area contributed by atoms with Crippen LogP contribution in [-0.4, -0.2) is 21.8 Å². The van der Waals surface area contributed by atoms with Crippen molar-refractivity contribution in [3.63, 3.8) is 0 Å². The second-order valence-corrected chi connectivity index (χ2v) is 11.9. The molecule has 0 aliphatic heterocycles. The van der Waals surface area contributed by atoms with Crippen LogP contribution in [0, 0.1) is 17.3 Å². The maximum absolute atomic E-state index is 13.1. The van der Waals surface area contributed by atoms with Crippen molar-refractivity contribution in [2.24, 2.45) is 17.3 Å². The van der Waals surface area contributed by atoms with E-state index in [9.17, 15) is 4.79 Å². The molecular formula is C20H27BrN2OS. The number of aromatic nitrogens is 1. The summed E-state index contributed by atoms with van der Waals surface area (Å²) in [5.74, 6) is 1.85. The van der Waals surface area contributed by atoms with Gasteiger partial charge in [-0.25, -0.2) is 4.98 Å². The quantitative estimate of drug-likeness (QED) is 0.729. The summed E-state index contributed by atoms with van der Waals surface area (Å²) in [6.07, 6.45) is 13.0. The maximum Gasteiger partial charge on any atom is 0.226 e. The average Bonchev–Trinajstić information content (AvgIpc) is 2.95. The van der Waals surface area contributed by atoms with Crippen LogP contribution in [0.5, 0.6) is 0 Å². The molecule has 3 nitrogen and oxygen atoms in total. The Balaban J connectivity index is 1.22. The van der Waals surface area contributed by atoms with Gasteiger partial charge in [0, 0.05) is 22.2 Å². The number of fused-ring (bicyclic) bond motifs is 1. The Morgan fingerprint density at radius 3 is 2.68 bits per heavy atom. The van der Waals surface area contributed by atoms with Crippen LogP contribution in [0.2, 0.25) is 0 Å². The van der Waals surface area contributed by atoms with E-state index in [1.807, 2.05) is 11.3 Å². The molecular weight excluding hydrogens is 396 g/mol. The predicted octanol–water partition coefficient (Wildman–Crippen LogP) is 4.41. The summed E-state index contributed by atoms with van der Waals surface area (Å²) in [5.41, 5.74) is 1.25. The fraction of sp³-hybridized carbons (Fsp3) is 0.800. The zero-order valence-electron chi connectivity index (χ0n) is 14.8. The van der Waals surface area contributed by atoms with Gasteiger partial charge in [0.15, 0.2) is 0 Å². The lowest BCUT2D eigenvalue weighted by molar-refractivity contribution is -0.143. The molecule has 2 unspecified atom stereocenters. The molecule has 2 atom stereocenters. The van der Waals surface area contributed by atoms with Crippen LogP contribution >= 0.6 is 27.3 Å². The van der Waals surface area contributed by atoms with E-state index in [1.54, 1.807) is 0 Å². The molecule has 1 N–H and O–H groups in total. The Hall–Kier alpha value is -0.420. The summed E-state index contributed by atoms with van der Waals surface area (Å²) in [6, 6.07) is 0. The zero-order valence-corrected chi connectivity index (χ0v) is 17.2. The fourth-order valence-electron chi connectivity index (χ4n) is 6.40. The third-order valence-corrected chi connectivity index (χ3v) is 9.13. The van der Waals surface area contributed by atoms with E-state index in [4.69, 9.17) is 4.98 Å². The van der Waals surface area contributed by atoms with Gasteiger partial charge in [-0.2, -0.15) is 0 Å². The van der Waals surface area contributed by atoms with Gasteiger partial charge in [-0.05, 0) is 76.0 Å². The number of hydrogen-bond acceptors (Lipinski definition) is 3. The predicted molar refractivity (Wildman–Crippen MR) is 104 cm³/mol. The van der Waals surface area contributed by atoms with Crippen molar-refractivity contribution < 1.29 is 4.79 Å². The number of thiazole rings is 1. The fourth-order valence-corrected chi connectivity index (χ4v) is 9.01. The minimum atomic E-state index is -0.0876. The number of halogens is 1. The van der Waals surface area contributed by atoms with E-state index < -0.39 is 0 Å². The molecule has 4 saturated carbocycles. The second kappa shape index (κ2) is 6.05. The third kappa shape index (κ3) is 2.99. The molecule has 25 heavy (non-hydrogen) atoms. The van der Waals surface area contributed by atoms with Crippen LogP contribution in [0.4, 0.5) is 0 Å². The molecule has 0 saturated heterocycles. The Labute approximate surface area is 162 Å². The second-order valence-electron chi connectivity index (χ2n) is 9.08. The first-order valence-electron chi connectivity index (χ1n) is 9.98. The first kappa shape index (κ1) is 16.7. The lowest BCUT2D eigenvalue weighted by Gasteiger charge is -2.59. The molecule has 1 aromatic rings. The highest BCUT2D eigenvalue weighted by atomic mass is 79.9. The van der Waals surface area contributed by atoms with Crippen molar-refractivity contribution in [2.45, 2.75) is 75.0 Å². The molecule has 4 bridgehead atoms. The molecule has 0 spiro atoms. The molecule has 5 aliphatic rings. The van der Waals surface area contributed by atoms with Crippen molar-refractivity contribution in [2.75, 3.05) is 6.54 Å². The van der Waals surface area contributed by atoms with Gasteiger partial charge in [0.05, 0.1) is 16.1 Å². The summed E-state index contributed by atoms with van der Waals surface area (Å²) in [5, 5.41) is 4.51. The van der Waals surface area contributed by atoms with Gasteiger partial charge in [0.2, 0.25) is 5.91 Å². The molecule has 1 amide bonds. The maximum atomic E-state index is 13.1. The Morgan fingerprint density at radius 2 is 1.96 bits per heavy atom. The van der Waals surface area contributed by atoms with Crippen molar-refractivity contribution in [3.8, 4) is 0 Å². The standard InChI is InChI=1S/C20H27BrN2OS/c21-20-10-13-7-14(11-20)9-19(8-13,12-20)18(24)22-6-5-17-23-15-3-1-2-4-16(15)25-17/h13-14H,1-12H2,(H,22,24). The number of carbonyl (C=O) groups is 1. The van der Waals surface area contributed by atoms with Crippen molar-refractivity contribution in [1.82, 2.24) is 10.3 Å². The van der Waals surface area contributed by atoms with Crippen LogP contribution in [0.1, 0.15) is 66.9 Å². The number of nitrogens with zero attached hydrogens (tertiary/aromatic N) is 1. The summed E-state index contributed by atoms with van der Waals surface area (Å²) >= 11 is 5.89. The van der Waals surface area contributed by atoms with Crippen LogP contribution in [0.25, 0.3) is 0 Å². The summed E-state index contributed by atoms with van der Waals surface area (Å²) in [7, 11) is 0. The summed E-state index contributed by atoms with van der Waals surface area (Å²) < 4.78 is 0.253. The van der Waals surface area contributed by atoms with Gasteiger partial charge in [-0.15, -0.1) is 11.3 Å². The van der Waals surface area contributed by atoms with Gasteiger partial charge < -0.3 is 5.32 Å². The van der Waals surface area contributed by atoms with E-state index in [-0.39, 0.29) is 9.74 Å². The van der Waals surface area contributed by atoms with E-state index in [1.165, 1.54) is 54.1 Å². The van der Waals surface area contributed by atoms with Gasteiger partial charge in [-0.3, -0.25) is 4.79 Å². The average molecular weight is 423 g/mol. The Bertz CT molecular complexity index is 662. The van der Waals surface area contributed by atoms with E-state index in [2.05, 4.69) is 21.2 Å². The van der Waals surface area contributed by atoms with E-state index in [0.717, 1.165) is 50.5 Å². The lowest BCUT2D eigenvalue weighted by Crippen LogP contribution is -2.58. The molecule has 0 radical (unpaired) electrons. The van der Waals surface area contributed by atoms with E-state index in [0.29, 0.717) is 5.91 Å². The van der Waals surface area contributed by atoms with Gasteiger partial charge in [0.1, 0.15) is 0 Å². The first-order valence-corrected chi connectivity index (χ1v) is 11.6. The molecule has 136 valence electrons. The molecule has 4 fully saturated rings. The zero-order chi connectivity index (χ0) is 17.1. The normalized spacial score (nSPS) is 38.6. The summed E-state index contributed by atoms with van der Waals surface area (Å²) in [6.45, 7) is 0.748. The number of alkyl halides is 1. The molecule has 5 aliphatic carbocycles. The third-order valence-electron chi connectivity index (χ3n) is 6.99. The minimum absolute atomic E-state index is 0.0876. The van der Waals surface area contributed by atoms with Crippen molar-refractivity contribution >= 4 is 33.2 Å². The molecule has 1 heterocycles. The van der Waals surface area contributed by atoms with Gasteiger partial charge in [0.25, 0.3) is 0 Å². The molecule has 6 rings (SSSR count). The lowest BCUT2D eigenvalue weighted by atomic mass is 9.49. The number of hydrogen-bond donors (Lipinski definition) is 1. The molecule has 5 heteroatoms. The topological polar surface area (TPSA) is 42.0 Å². The number of nitrogens with one attached hydrogen (secondary N) is 1. The smallest absolute Gasteiger partial charge is 0.226 e. The first-order chi connectivity index (χ1) is 12.0. The Kier molecular flexibility index (Phi) is 4.05. The number of amides is 1. The minimum Gasteiger partial charge on any atom is -0.355 e. The van der Waals surface area contributed by atoms with Gasteiger partial charge >= 0.3 is 0 Å². The van der Waals surface area contributed by atoms with Crippen molar-refractivity contribution in [3.05, 3.63) is 15.6 Å². The summed E-state index contributed by atoms with van der Waals surface area (Å²) in [4.78, 5) is 19.4.